The Morgan fingerprint density at radius 2 is 1.81 bits per heavy atom. The molecule has 10 heteroatoms. The average molecular weight is 448 g/mol. The van der Waals surface area contributed by atoms with Crippen LogP contribution in [0.3, 0.4) is 0 Å². The van der Waals surface area contributed by atoms with Crippen LogP contribution in [0.4, 0.5) is 13.2 Å². The first-order valence-electron chi connectivity index (χ1n) is 9.64. The summed E-state index contributed by atoms with van der Waals surface area (Å²) in [7, 11) is 0. The Morgan fingerprint density at radius 1 is 1.10 bits per heavy atom. The number of amides is 1. The van der Waals surface area contributed by atoms with Gasteiger partial charge in [0.2, 0.25) is 5.91 Å². The fraction of sp³-hybridized carbons (Fsp3) is 0.286. The molecule has 0 atom stereocenters. The van der Waals surface area contributed by atoms with E-state index in [0.29, 0.717) is 11.1 Å². The van der Waals surface area contributed by atoms with Crippen molar-refractivity contribution in [3.05, 3.63) is 66.0 Å². The summed E-state index contributed by atoms with van der Waals surface area (Å²) in [6, 6.07) is 15.4. The second-order valence-electron chi connectivity index (χ2n) is 7.01. The van der Waals surface area contributed by atoms with E-state index in [1.807, 2.05) is 34.9 Å². The number of thioether (sulfide) groups is 1. The van der Waals surface area contributed by atoms with Crippen LogP contribution in [0.5, 0.6) is 5.75 Å². The van der Waals surface area contributed by atoms with Crippen molar-refractivity contribution in [1.82, 2.24) is 20.1 Å². The second-order valence-corrected chi connectivity index (χ2v) is 7.95. The largest absolute Gasteiger partial charge is 0.573 e. The zero-order chi connectivity index (χ0) is 21.8. The highest BCUT2D eigenvalue weighted by molar-refractivity contribution is 7.99. The highest BCUT2D eigenvalue weighted by atomic mass is 32.2. The van der Waals surface area contributed by atoms with Crippen LogP contribution in [0.25, 0.3) is 5.69 Å². The molecule has 0 aliphatic heterocycles. The summed E-state index contributed by atoms with van der Waals surface area (Å²) in [6.07, 6.45) is -2.66. The zero-order valence-corrected chi connectivity index (χ0v) is 17.1. The molecule has 1 fully saturated rings. The molecule has 0 saturated heterocycles. The van der Waals surface area contributed by atoms with Crippen LogP contribution in [0.15, 0.2) is 59.8 Å². The summed E-state index contributed by atoms with van der Waals surface area (Å²) >= 11 is 1.23. The molecular formula is C21H19F3N4O2S. The SMILES string of the molecule is O=C(CSc1nnc(C2CC2)n1-c1ccccc1)NCc1ccccc1OC(F)(F)F. The Labute approximate surface area is 180 Å². The minimum atomic E-state index is -4.79. The van der Waals surface area contributed by atoms with E-state index in [9.17, 15) is 18.0 Å². The number of aromatic nitrogens is 3. The van der Waals surface area contributed by atoms with E-state index in [0.717, 1.165) is 24.4 Å². The van der Waals surface area contributed by atoms with Gasteiger partial charge in [-0.15, -0.1) is 23.4 Å². The lowest BCUT2D eigenvalue weighted by Gasteiger charge is -2.13. The third kappa shape index (κ3) is 5.57. The van der Waals surface area contributed by atoms with Crippen LogP contribution in [0.1, 0.15) is 30.1 Å². The van der Waals surface area contributed by atoms with Crippen LogP contribution in [0, 0.1) is 0 Å². The van der Waals surface area contributed by atoms with E-state index in [1.165, 1.54) is 30.0 Å². The number of halogens is 3. The summed E-state index contributed by atoms with van der Waals surface area (Å²) < 4.78 is 43.6. The third-order valence-corrected chi connectivity index (χ3v) is 5.55. The molecule has 6 nitrogen and oxygen atoms in total. The molecule has 1 heterocycles. The first kappa shape index (κ1) is 21.2. The number of rotatable bonds is 8. The molecule has 4 rings (SSSR count). The Balaban J connectivity index is 1.39. The van der Waals surface area contributed by atoms with Crippen molar-refractivity contribution in [3.8, 4) is 11.4 Å². The van der Waals surface area contributed by atoms with E-state index < -0.39 is 6.36 Å². The summed E-state index contributed by atoms with van der Waals surface area (Å²) in [5.41, 5.74) is 1.16. The number of alkyl halides is 3. The zero-order valence-electron chi connectivity index (χ0n) is 16.3. The Kier molecular flexibility index (Phi) is 6.17. The minimum Gasteiger partial charge on any atom is -0.405 e. The van der Waals surface area contributed by atoms with Gasteiger partial charge >= 0.3 is 6.36 Å². The Morgan fingerprint density at radius 3 is 2.52 bits per heavy atom. The summed E-state index contributed by atoms with van der Waals surface area (Å²) in [5, 5.41) is 11.8. The van der Waals surface area contributed by atoms with Gasteiger partial charge in [0.15, 0.2) is 5.16 Å². The summed E-state index contributed by atoms with van der Waals surface area (Å²) in [4.78, 5) is 12.3. The lowest BCUT2D eigenvalue weighted by Crippen LogP contribution is -2.26. The number of benzene rings is 2. The van der Waals surface area contributed by atoms with Crippen molar-refractivity contribution < 1.29 is 22.7 Å². The highest BCUT2D eigenvalue weighted by Crippen LogP contribution is 2.41. The maximum Gasteiger partial charge on any atom is 0.573 e. The number of nitrogens with zero attached hydrogens (tertiary/aromatic N) is 3. The monoisotopic (exact) mass is 448 g/mol. The fourth-order valence-corrected chi connectivity index (χ4v) is 3.84. The molecule has 2 aromatic carbocycles. The van der Waals surface area contributed by atoms with Crippen LogP contribution in [-0.2, 0) is 11.3 Å². The van der Waals surface area contributed by atoms with E-state index in [2.05, 4.69) is 20.3 Å². The van der Waals surface area contributed by atoms with E-state index in [4.69, 9.17) is 0 Å². The third-order valence-electron chi connectivity index (χ3n) is 4.62. The second kappa shape index (κ2) is 9.01. The fourth-order valence-electron chi connectivity index (χ4n) is 3.05. The van der Waals surface area contributed by atoms with Gasteiger partial charge in [0.1, 0.15) is 11.6 Å². The van der Waals surface area contributed by atoms with Gasteiger partial charge in [-0.25, -0.2) is 0 Å². The maximum absolute atomic E-state index is 12.5. The van der Waals surface area contributed by atoms with Gasteiger partial charge in [-0.2, -0.15) is 0 Å². The quantitative estimate of drug-likeness (QED) is 0.516. The molecule has 1 aliphatic carbocycles. The van der Waals surface area contributed by atoms with Crippen molar-refractivity contribution in [2.24, 2.45) is 0 Å². The number of hydrogen-bond donors (Lipinski definition) is 1. The predicted octanol–water partition coefficient (Wildman–Crippen LogP) is 4.45. The number of nitrogens with one attached hydrogen (secondary N) is 1. The van der Waals surface area contributed by atoms with Crippen molar-refractivity contribution in [3.63, 3.8) is 0 Å². The van der Waals surface area contributed by atoms with Gasteiger partial charge in [0.25, 0.3) is 0 Å². The molecule has 1 aliphatic rings. The number of hydrogen-bond acceptors (Lipinski definition) is 5. The molecule has 0 spiro atoms. The molecule has 1 saturated carbocycles. The molecule has 31 heavy (non-hydrogen) atoms. The first-order valence-corrected chi connectivity index (χ1v) is 10.6. The number of carbonyl (C=O) groups excluding carboxylic acids is 1. The standard InChI is InChI=1S/C21H19F3N4O2S/c22-21(23,24)30-17-9-5-4-6-15(17)12-25-18(29)13-31-20-27-26-19(14-10-11-14)28(20)16-7-2-1-3-8-16/h1-9,14H,10-13H2,(H,25,29). The highest BCUT2D eigenvalue weighted by Gasteiger charge is 2.32. The predicted molar refractivity (Wildman–Crippen MR) is 109 cm³/mol. The van der Waals surface area contributed by atoms with E-state index in [-0.39, 0.29) is 29.5 Å². The van der Waals surface area contributed by atoms with E-state index >= 15 is 0 Å². The smallest absolute Gasteiger partial charge is 0.405 e. The topological polar surface area (TPSA) is 69.0 Å². The van der Waals surface area contributed by atoms with Crippen LogP contribution >= 0.6 is 11.8 Å². The van der Waals surface area contributed by atoms with Crippen molar-refractivity contribution >= 4 is 17.7 Å². The summed E-state index contributed by atoms with van der Waals surface area (Å²) in [5.74, 6) is 0.648. The van der Waals surface area contributed by atoms with E-state index in [1.54, 1.807) is 6.07 Å². The maximum atomic E-state index is 12.5. The number of carbonyl (C=O) groups is 1. The minimum absolute atomic E-state index is 0.0535. The van der Waals surface area contributed by atoms with Crippen molar-refractivity contribution in [1.29, 1.82) is 0 Å². The lowest BCUT2D eigenvalue weighted by atomic mass is 10.2. The van der Waals surface area contributed by atoms with Gasteiger partial charge in [0, 0.05) is 23.7 Å². The molecule has 1 aromatic heterocycles. The molecule has 1 amide bonds. The molecule has 162 valence electrons. The lowest BCUT2D eigenvalue weighted by molar-refractivity contribution is -0.274. The van der Waals surface area contributed by atoms with Gasteiger partial charge < -0.3 is 10.1 Å². The van der Waals surface area contributed by atoms with Crippen molar-refractivity contribution in [2.45, 2.75) is 36.8 Å². The average Bonchev–Trinajstić information content (AvgIpc) is 3.50. The number of para-hydroxylation sites is 2. The van der Waals surface area contributed by atoms with Gasteiger partial charge in [0.05, 0.1) is 5.75 Å². The summed E-state index contributed by atoms with van der Waals surface area (Å²) in [6.45, 7) is -0.0790. The van der Waals surface area contributed by atoms with Crippen LogP contribution in [-0.4, -0.2) is 32.8 Å². The molecular weight excluding hydrogens is 429 g/mol. The number of ether oxygens (including phenoxy) is 1. The van der Waals surface area contributed by atoms with Gasteiger partial charge in [-0.1, -0.05) is 48.2 Å². The molecule has 0 radical (unpaired) electrons. The van der Waals surface area contributed by atoms with Gasteiger partial charge in [-0.3, -0.25) is 9.36 Å². The molecule has 3 aromatic rings. The first-order chi connectivity index (χ1) is 14.9. The normalized spacial score (nSPS) is 13.8. The molecule has 1 N–H and O–H groups in total. The van der Waals surface area contributed by atoms with Gasteiger partial charge in [-0.05, 0) is 31.0 Å². The van der Waals surface area contributed by atoms with Crippen LogP contribution in [0.2, 0.25) is 0 Å². The molecule has 0 unspecified atom stereocenters. The van der Waals surface area contributed by atoms with Crippen LogP contribution < -0.4 is 10.1 Å². The van der Waals surface area contributed by atoms with Crippen molar-refractivity contribution in [2.75, 3.05) is 5.75 Å². The Bertz CT molecular complexity index is 1050. The molecule has 0 bridgehead atoms. The Hall–Kier alpha value is -3.01.